The van der Waals surface area contributed by atoms with Gasteiger partial charge < -0.3 is 15.0 Å². The van der Waals surface area contributed by atoms with E-state index in [1.807, 2.05) is 12.1 Å². The molecule has 3 rings (SSSR count). The van der Waals surface area contributed by atoms with Crippen molar-refractivity contribution in [2.75, 3.05) is 30.4 Å². The fraction of sp³-hybridized carbons (Fsp3) is 0.409. The number of rotatable bonds is 7. The van der Waals surface area contributed by atoms with Gasteiger partial charge in [0.05, 0.1) is 17.7 Å². The van der Waals surface area contributed by atoms with Crippen LogP contribution in [0.15, 0.2) is 47.4 Å². The van der Waals surface area contributed by atoms with E-state index >= 15 is 0 Å². The van der Waals surface area contributed by atoms with E-state index in [-0.39, 0.29) is 16.8 Å². The van der Waals surface area contributed by atoms with Crippen LogP contribution in [0.4, 0.5) is 11.4 Å². The molecule has 0 radical (unpaired) electrons. The Balaban J connectivity index is 1.79. The zero-order valence-electron chi connectivity index (χ0n) is 17.6. The van der Waals surface area contributed by atoms with Crippen LogP contribution in [0.1, 0.15) is 43.5 Å². The maximum Gasteiger partial charge on any atom is 0.255 e. The molecule has 1 aliphatic heterocycles. The van der Waals surface area contributed by atoms with E-state index in [2.05, 4.69) is 14.9 Å². The molecule has 8 heteroatoms. The third-order valence-corrected chi connectivity index (χ3v) is 6.63. The molecule has 1 amide bonds. The summed E-state index contributed by atoms with van der Waals surface area (Å²) in [5, 5.41) is 2.77. The Kier molecular flexibility index (Phi) is 6.99. The highest BCUT2D eigenvalue weighted by Gasteiger charge is 2.19. The van der Waals surface area contributed by atoms with E-state index in [1.54, 1.807) is 26.0 Å². The number of methoxy groups -OCH3 is 1. The molecule has 1 fully saturated rings. The molecule has 0 bridgehead atoms. The van der Waals surface area contributed by atoms with Crippen LogP contribution >= 0.6 is 0 Å². The van der Waals surface area contributed by atoms with E-state index in [9.17, 15) is 13.2 Å². The monoisotopic (exact) mass is 431 g/mol. The average molecular weight is 432 g/mol. The quantitative estimate of drug-likeness (QED) is 0.699. The molecule has 0 unspecified atom stereocenters. The number of hydrogen-bond acceptors (Lipinski definition) is 5. The molecule has 0 aliphatic carbocycles. The summed E-state index contributed by atoms with van der Waals surface area (Å²) in [6.07, 6.45) is 3.64. The SMILES string of the molecule is COc1ccc(S(=O)(=O)NC(C)C)cc1NC(=O)c1ccc(N2CCCCC2)cc1. The number of anilines is 2. The lowest BCUT2D eigenvalue weighted by Crippen LogP contribution is -2.30. The van der Waals surface area contributed by atoms with Gasteiger partial charge in [0.15, 0.2) is 0 Å². The molecular formula is C22H29N3O4S. The van der Waals surface area contributed by atoms with Crippen molar-refractivity contribution < 1.29 is 17.9 Å². The Morgan fingerprint density at radius 1 is 1.03 bits per heavy atom. The van der Waals surface area contributed by atoms with Crippen LogP contribution in [0, 0.1) is 0 Å². The van der Waals surface area contributed by atoms with Crippen molar-refractivity contribution in [2.45, 2.75) is 44.0 Å². The first-order chi connectivity index (χ1) is 14.3. The van der Waals surface area contributed by atoms with Gasteiger partial charge in [-0.3, -0.25) is 4.79 Å². The molecular weight excluding hydrogens is 402 g/mol. The summed E-state index contributed by atoms with van der Waals surface area (Å²) in [5.41, 5.74) is 1.90. The van der Waals surface area contributed by atoms with Crippen molar-refractivity contribution in [3.63, 3.8) is 0 Å². The molecule has 2 aromatic carbocycles. The molecule has 2 aromatic rings. The van der Waals surface area contributed by atoms with Crippen LogP contribution < -0.4 is 19.7 Å². The van der Waals surface area contributed by atoms with Crippen LogP contribution in [0.25, 0.3) is 0 Å². The minimum Gasteiger partial charge on any atom is -0.495 e. The number of carbonyl (C=O) groups is 1. The van der Waals surface area contributed by atoms with E-state index in [1.165, 1.54) is 44.6 Å². The third-order valence-electron chi connectivity index (χ3n) is 4.97. The van der Waals surface area contributed by atoms with E-state index in [0.717, 1.165) is 18.8 Å². The maximum absolute atomic E-state index is 12.8. The largest absolute Gasteiger partial charge is 0.495 e. The third kappa shape index (κ3) is 5.31. The Morgan fingerprint density at radius 2 is 1.70 bits per heavy atom. The first-order valence-electron chi connectivity index (χ1n) is 10.2. The number of sulfonamides is 1. The summed E-state index contributed by atoms with van der Waals surface area (Å²) in [6, 6.07) is 11.6. The average Bonchev–Trinajstić information content (AvgIpc) is 2.73. The molecule has 30 heavy (non-hydrogen) atoms. The second-order valence-electron chi connectivity index (χ2n) is 7.69. The van der Waals surface area contributed by atoms with Gasteiger partial charge in [0, 0.05) is 30.4 Å². The number of carbonyl (C=O) groups excluding carboxylic acids is 1. The van der Waals surface area contributed by atoms with Crippen LogP contribution in [-0.4, -0.2) is 40.6 Å². The summed E-state index contributed by atoms with van der Waals surface area (Å²) in [4.78, 5) is 15.1. The highest BCUT2D eigenvalue weighted by molar-refractivity contribution is 7.89. The molecule has 162 valence electrons. The molecule has 7 nitrogen and oxygen atoms in total. The number of nitrogens with zero attached hydrogens (tertiary/aromatic N) is 1. The summed E-state index contributed by atoms with van der Waals surface area (Å²) in [6.45, 7) is 5.57. The predicted molar refractivity (Wildman–Crippen MR) is 119 cm³/mol. The van der Waals surface area contributed by atoms with Crippen molar-refractivity contribution in [1.82, 2.24) is 4.72 Å². The zero-order chi connectivity index (χ0) is 21.7. The number of ether oxygens (including phenoxy) is 1. The number of amides is 1. The van der Waals surface area contributed by atoms with Gasteiger partial charge in [0.25, 0.3) is 5.91 Å². The highest BCUT2D eigenvalue weighted by atomic mass is 32.2. The van der Waals surface area contributed by atoms with Crippen molar-refractivity contribution in [3.8, 4) is 5.75 Å². The van der Waals surface area contributed by atoms with E-state index < -0.39 is 10.0 Å². The molecule has 0 atom stereocenters. The second-order valence-corrected chi connectivity index (χ2v) is 9.40. The Bertz CT molecular complexity index is 982. The van der Waals surface area contributed by atoms with Gasteiger partial charge in [-0.1, -0.05) is 0 Å². The normalized spacial score (nSPS) is 14.6. The van der Waals surface area contributed by atoms with Gasteiger partial charge in [0.2, 0.25) is 10.0 Å². The first kappa shape index (κ1) is 22.1. The summed E-state index contributed by atoms with van der Waals surface area (Å²) in [7, 11) is -2.22. The van der Waals surface area contributed by atoms with Gasteiger partial charge in [-0.2, -0.15) is 0 Å². The summed E-state index contributed by atoms with van der Waals surface area (Å²) < 4.78 is 32.8. The van der Waals surface area contributed by atoms with Gasteiger partial charge in [0.1, 0.15) is 5.75 Å². The van der Waals surface area contributed by atoms with E-state index in [4.69, 9.17) is 4.74 Å². The van der Waals surface area contributed by atoms with Gasteiger partial charge >= 0.3 is 0 Å². The molecule has 0 aromatic heterocycles. The zero-order valence-corrected chi connectivity index (χ0v) is 18.5. The minimum absolute atomic E-state index is 0.0627. The Labute approximate surface area is 178 Å². The van der Waals surface area contributed by atoms with Gasteiger partial charge in [-0.25, -0.2) is 13.1 Å². The van der Waals surface area contributed by atoms with E-state index in [0.29, 0.717) is 17.0 Å². The Hall–Kier alpha value is -2.58. The number of benzene rings is 2. The van der Waals surface area contributed by atoms with Crippen LogP contribution in [-0.2, 0) is 10.0 Å². The topological polar surface area (TPSA) is 87.7 Å². The lowest BCUT2D eigenvalue weighted by atomic mass is 10.1. The van der Waals surface area contributed by atoms with Crippen LogP contribution in [0.5, 0.6) is 5.75 Å². The van der Waals surface area contributed by atoms with Gasteiger partial charge in [-0.05, 0) is 75.6 Å². The second kappa shape index (κ2) is 9.49. The van der Waals surface area contributed by atoms with Crippen molar-refractivity contribution in [3.05, 3.63) is 48.0 Å². The highest BCUT2D eigenvalue weighted by Crippen LogP contribution is 2.28. The van der Waals surface area contributed by atoms with Crippen molar-refractivity contribution in [1.29, 1.82) is 0 Å². The molecule has 0 spiro atoms. The molecule has 1 heterocycles. The number of nitrogens with one attached hydrogen (secondary N) is 2. The minimum atomic E-state index is -3.69. The van der Waals surface area contributed by atoms with Crippen LogP contribution in [0.2, 0.25) is 0 Å². The fourth-order valence-electron chi connectivity index (χ4n) is 3.50. The number of hydrogen-bond donors (Lipinski definition) is 2. The molecule has 2 N–H and O–H groups in total. The summed E-state index contributed by atoms with van der Waals surface area (Å²) in [5.74, 6) is 0.0571. The lowest BCUT2D eigenvalue weighted by molar-refractivity contribution is 0.102. The molecule has 0 saturated carbocycles. The smallest absolute Gasteiger partial charge is 0.255 e. The summed E-state index contributed by atoms with van der Waals surface area (Å²) >= 11 is 0. The molecule has 1 saturated heterocycles. The lowest BCUT2D eigenvalue weighted by Gasteiger charge is -2.28. The fourth-order valence-corrected chi connectivity index (χ4v) is 4.78. The van der Waals surface area contributed by atoms with Crippen molar-refractivity contribution in [2.24, 2.45) is 0 Å². The molecule has 1 aliphatic rings. The van der Waals surface area contributed by atoms with Crippen LogP contribution in [0.3, 0.4) is 0 Å². The first-order valence-corrected chi connectivity index (χ1v) is 11.7. The Morgan fingerprint density at radius 3 is 2.30 bits per heavy atom. The predicted octanol–water partition coefficient (Wildman–Crippen LogP) is 3.62. The van der Waals surface area contributed by atoms with Crippen molar-refractivity contribution >= 4 is 27.3 Å². The number of piperidine rings is 1. The standard InChI is InChI=1S/C22H29N3O4S/c1-16(2)24-30(27,28)19-11-12-21(29-3)20(15-19)23-22(26)17-7-9-18(10-8-17)25-13-5-4-6-14-25/h7-12,15-16,24H,4-6,13-14H2,1-3H3,(H,23,26). The van der Waals surface area contributed by atoms with Gasteiger partial charge in [-0.15, -0.1) is 0 Å². The maximum atomic E-state index is 12.8.